The van der Waals surface area contributed by atoms with E-state index in [2.05, 4.69) is 21.3 Å². The first-order valence-electron chi connectivity index (χ1n) is 18.3. The van der Waals surface area contributed by atoms with Gasteiger partial charge in [-0.2, -0.15) is 0 Å². The van der Waals surface area contributed by atoms with Crippen LogP contribution in [0.1, 0.15) is 91.7 Å². The number of hydrogen-bond acceptors (Lipinski definition) is 8. The maximum atomic E-state index is 14.3. The predicted octanol–water partition coefficient (Wildman–Crippen LogP) is 2.47. The molecule has 2 saturated carbocycles. The SMILES string of the molecule is CCCC(NC(=O)C1C2C(CN1C(=O)C(NC(=O)OC(C)(C)C)C1CCCC1)C2(C)C)C(=O)C(=O)NCC(=O)NC(C(=O)N(C)C)c1ccccc1. The first-order chi connectivity index (χ1) is 24.4. The third kappa shape index (κ3) is 9.48. The van der Waals surface area contributed by atoms with Gasteiger partial charge in [0.05, 0.1) is 12.6 Å². The average molecular weight is 725 g/mol. The van der Waals surface area contributed by atoms with Gasteiger partial charge in [0.2, 0.25) is 29.4 Å². The van der Waals surface area contributed by atoms with Crippen LogP contribution in [0.15, 0.2) is 30.3 Å². The number of nitrogens with one attached hydrogen (secondary N) is 4. The van der Waals surface area contributed by atoms with Crippen LogP contribution < -0.4 is 21.3 Å². The molecule has 1 heterocycles. The minimum atomic E-state index is -1.20. The maximum absolute atomic E-state index is 14.3. The Labute approximate surface area is 306 Å². The highest BCUT2D eigenvalue weighted by Crippen LogP contribution is 2.65. The van der Waals surface area contributed by atoms with Crippen LogP contribution in [0.25, 0.3) is 0 Å². The number of amides is 6. The van der Waals surface area contributed by atoms with Gasteiger partial charge in [0.25, 0.3) is 5.91 Å². The molecule has 1 aliphatic heterocycles. The van der Waals surface area contributed by atoms with Gasteiger partial charge in [0.1, 0.15) is 23.7 Å². The summed E-state index contributed by atoms with van der Waals surface area (Å²) in [5, 5.41) is 10.5. The molecule has 286 valence electrons. The molecule has 0 spiro atoms. The lowest BCUT2D eigenvalue weighted by Gasteiger charge is -2.35. The molecular formula is C38H56N6O8. The molecule has 1 aromatic rings. The van der Waals surface area contributed by atoms with E-state index in [1.165, 1.54) is 9.80 Å². The lowest BCUT2D eigenvalue weighted by Crippen LogP contribution is -2.59. The third-order valence-corrected chi connectivity index (χ3v) is 10.5. The lowest BCUT2D eigenvalue weighted by molar-refractivity contribution is -0.145. The maximum Gasteiger partial charge on any atom is 0.408 e. The first kappa shape index (κ1) is 40.3. The molecule has 14 heteroatoms. The van der Waals surface area contributed by atoms with Crippen LogP contribution in [-0.4, -0.2) is 102 Å². The fraction of sp³-hybridized carbons (Fsp3) is 0.658. The quantitative estimate of drug-likeness (QED) is 0.211. The number of fused-ring (bicyclic) bond motifs is 1. The Kier molecular flexibility index (Phi) is 12.7. The van der Waals surface area contributed by atoms with Gasteiger partial charge in [-0.1, -0.05) is 70.4 Å². The first-order valence-corrected chi connectivity index (χ1v) is 18.3. The molecule has 14 nitrogen and oxygen atoms in total. The van der Waals surface area contributed by atoms with Crippen molar-refractivity contribution in [3.8, 4) is 0 Å². The lowest BCUT2D eigenvalue weighted by atomic mass is 9.94. The molecule has 4 rings (SSSR count). The standard InChI is InChI=1S/C38H56N6O8/c1-9-15-25(31(46)33(48)39-20-26(45)41-28(34(49)43(7)8)22-16-11-10-12-17-22)40-32(47)30-27-24(38(27,5)6)21-44(30)35(50)29(23-18-13-14-19-23)42-36(51)52-37(2,3)4/h10-12,16-17,23-25,27-30H,9,13-15,18-21H2,1-8H3,(H,39,48)(H,40,47)(H,41,45)(H,42,51). The topological polar surface area (TPSA) is 183 Å². The van der Waals surface area contributed by atoms with Gasteiger partial charge in [-0.3, -0.25) is 28.8 Å². The molecule has 0 bridgehead atoms. The Bertz CT molecular complexity index is 1520. The zero-order valence-electron chi connectivity index (χ0n) is 31.7. The summed E-state index contributed by atoms with van der Waals surface area (Å²) >= 11 is 0. The Morgan fingerprint density at radius 1 is 0.962 bits per heavy atom. The molecule has 52 heavy (non-hydrogen) atoms. The van der Waals surface area contributed by atoms with Crippen molar-refractivity contribution in [1.82, 2.24) is 31.1 Å². The fourth-order valence-electron chi connectivity index (χ4n) is 7.72. The van der Waals surface area contributed by atoms with Crippen molar-refractivity contribution in [3.63, 3.8) is 0 Å². The smallest absolute Gasteiger partial charge is 0.408 e. The molecule has 2 aliphatic carbocycles. The van der Waals surface area contributed by atoms with E-state index in [0.29, 0.717) is 18.5 Å². The van der Waals surface area contributed by atoms with Crippen LogP contribution in [0.4, 0.5) is 4.79 Å². The summed E-state index contributed by atoms with van der Waals surface area (Å²) in [5.74, 6) is -4.15. The number of likely N-dealkylation sites (tertiary alicyclic amines) is 1. The van der Waals surface area contributed by atoms with E-state index in [9.17, 15) is 33.6 Å². The van der Waals surface area contributed by atoms with Crippen LogP contribution >= 0.6 is 0 Å². The molecule has 4 N–H and O–H groups in total. The van der Waals surface area contributed by atoms with Crippen molar-refractivity contribution in [2.45, 2.75) is 110 Å². The van der Waals surface area contributed by atoms with Gasteiger partial charge >= 0.3 is 6.09 Å². The van der Waals surface area contributed by atoms with E-state index in [1.54, 1.807) is 65.2 Å². The molecule has 0 aromatic heterocycles. The summed E-state index contributed by atoms with van der Waals surface area (Å²) in [4.78, 5) is 96.3. The second-order valence-corrected chi connectivity index (χ2v) is 16.1. The predicted molar refractivity (Wildman–Crippen MR) is 192 cm³/mol. The van der Waals surface area contributed by atoms with Crippen LogP contribution in [0, 0.1) is 23.2 Å². The Morgan fingerprint density at radius 3 is 2.17 bits per heavy atom. The number of ketones is 1. The number of rotatable bonds is 14. The van der Waals surface area contributed by atoms with Gasteiger partial charge in [0, 0.05) is 20.6 Å². The normalized spacial score (nSPS) is 22.2. The van der Waals surface area contributed by atoms with Crippen molar-refractivity contribution in [1.29, 1.82) is 0 Å². The van der Waals surface area contributed by atoms with E-state index in [0.717, 1.165) is 25.7 Å². The largest absolute Gasteiger partial charge is 0.444 e. The van der Waals surface area contributed by atoms with Crippen LogP contribution in [0.2, 0.25) is 0 Å². The molecule has 6 atom stereocenters. The number of carbonyl (C=O) groups is 7. The molecule has 0 radical (unpaired) electrons. The minimum absolute atomic E-state index is 0.0548. The van der Waals surface area contributed by atoms with Crippen molar-refractivity contribution >= 4 is 41.4 Å². The van der Waals surface area contributed by atoms with E-state index in [4.69, 9.17) is 4.74 Å². The highest BCUT2D eigenvalue weighted by atomic mass is 16.6. The van der Waals surface area contributed by atoms with Crippen molar-refractivity contribution in [3.05, 3.63) is 35.9 Å². The number of ether oxygens (including phenoxy) is 1. The van der Waals surface area contributed by atoms with Crippen molar-refractivity contribution < 1.29 is 38.3 Å². The molecule has 1 aromatic carbocycles. The molecule has 6 amide bonds. The molecular weight excluding hydrogens is 668 g/mol. The van der Waals surface area contributed by atoms with Gasteiger partial charge in [0.15, 0.2) is 0 Å². The number of hydrogen-bond donors (Lipinski definition) is 4. The summed E-state index contributed by atoms with van der Waals surface area (Å²) in [6.45, 7) is 10.9. The highest BCUT2D eigenvalue weighted by molar-refractivity contribution is 6.38. The number of carbonyl (C=O) groups excluding carboxylic acids is 7. The molecule has 3 aliphatic rings. The number of benzene rings is 1. The van der Waals surface area contributed by atoms with Crippen LogP contribution in [0.3, 0.4) is 0 Å². The van der Waals surface area contributed by atoms with Crippen LogP contribution in [0.5, 0.6) is 0 Å². The monoisotopic (exact) mass is 724 g/mol. The molecule has 3 fully saturated rings. The average Bonchev–Trinajstić information content (AvgIpc) is 3.52. The van der Waals surface area contributed by atoms with E-state index >= 15 is 0 Å². The fourth-order valence-corrected chi connectivity index (χ4v) is 7.72. The molecule has 6 unspecified atom stereocenters. The zero-order chi connectivity index (χ0) is 38.5. The minimum Gasteiger partial charge on any atom is -0.444 e. The van der Waals surface area contributed by atoms with Crippen molar-refractivity contribution in [2.75, 3.05) is 27.2 Å². The number of piperidine rings is 1. The third-order valence-electron chi connectivity index (χ3n) is 10.5. The molecule has 1 saturated heterocycles. The number of Topliss-reactive ketones (excluding diaryl/α,β-unsaturated/α-hetero) is 1. The summed E-state index contributed by atoms with van der Waals surface area (Å²) in [6, 6.07) is 4.68. The van der Waals surface area contributed by atoms with Crippen LogP contribution in [-0.2, 0) is 33.5 Å². The Morgan fingerprint density at radius 2 is 1.60 bits per heavy atom. The van der Waals surface area contributed by atoms with E-state index in [-0.39, 0.29) is 41.4 Å². The second-order valence-electron chi connectivity index (χ2n) is 16.1. The Hall–Kier alpha value is -4.49. The zero-order valence-corrected chi connectivity index (χ0v) is 31.7. The number of nitrogens with zero attached hydrogens (tertiary/aromatic N) is 2. The highest BCUT2D eigenvalue weighted by Gasteiger charge is 2.69. The summed E-state index contributed by atoms with van der Waals surface area (Å²) in [7, 11) is 3.13. The van der Waals surface area contributed by atoms with Gasteiger partial charge in [-0.25, -0.2) is 4.79 Å². The van der Waals surface area contributed by atoms with E-state index in [1.807, 2.05) is 20.8 Å². The van der Waals surface area contributed by atoms with Gasteiger partial charge < -0.3 is 35.8 Å². The van der Waals surface area contributed by atoms with Crippen molar-refractivity contribution in [2.24, 2.45) is 23.2 Å². The van der Waals surface area contributed by atoms with E-state index < -0.39 is 65.9 Å². The van der Waals surface area contributed by atoms with Gasteiger partial charge in [-0.05, 0) is 68.8 Å². The Balaban J connectivity index is 1.44. The summed E-state index contributed by atoms with van der Waals surface area (Å²) in [6.07, 6.45) is 3.29. The summed E-state index contributed by atoms with van der Waals surface area (Å²) in [5.41, 5.74) is -0.430. The number of likely N-dealkylation sites (N-methyl/N-ethyl adjacent to an activating group) is 1. The second kappa shape index (κ2) is 16.5. The summed E-state index contributed by atoms with van der Waals surface area (Å²) < 4.78 is 5.48. The van der Waals surface area contributed by atoms with Gasteiger partial charge in [-0.15, -0.1) is 0 Å². The number of alkyl carbamates (subject to hydrolysis) is 1.